The summed E-state index contributed by atoms with van der Waals surface area (Å²) in [6.45, 7) is 0. The van der Waals surface area contributed by atoms with Gasteiger partial charge in [0.25, 0.3) is 0 Å². The summed E-state index contributed by atoms with van der Waals surface area (Å²) >= 11 is 3.39. The predicted molar refractivity (Wildman–Crippen MR) is 82.4 cm³/mol. The van der Waals surface area contributed by atoms with E-state index < -0.39 is 0 Å². The molecule has 2 aliphatic rings. The number of thioether (sulfide) groups is 2. The number of urea groups is 1. The molecule has 7 nitrogen and oxygen atoms in total. The number of nitrogens with one attached hydrogen (secondary N) is 2. The minimum absolute atomic E-state index is 0.0188. The molecule has 114 valence electrons. The molecule has 1 aromatic heterocycles. The Bertz CT molecular complexity index is 499. The lowest BCUT2D eigenvalue weighted by molar-refractivity contribution is 0.247. The Morgan fingerprint density at radius 2 is 2.05 bits per heavy atom. The van der Waals surface area contributed by atoms with Gasteiger partial charge in [-0.15, -0.1) is 20.4 Å². The molecule has 2 fully saturated rings. The first-order chi connectivity index (χ1) is 10.3. The second-order valence-corrected chi connectivity index (χ2v) is 7.22. The molecule has 2 N–H and O–H groups in total. The largest absolute Gasteiger partial charge is 0.332 e. The number of carbonyl (C=O) groups is 1. The molecule has 3 atom stereocenters. The van der Waals surface area contributed by atoms with Crippen LogP contribution in [0.4, 0.5) is 4.79 Å². The van der Waals surface area contributed by atoms with Gasteiger partial charge in [-0.05, 0) is 19.1 Å². The molecule has 3 heterocycles. The highest BCUT2D eigenvalue weighted by molar-refractivity contribution is 8.00. The molecule has 9 heteroatoms. The summed E-state index contributed by atoms with van der Waals surface area (Å²) in [6.07, 6.45) is 5.95. The molecule has 21 heavy (non-hydrogen) atoms. The maximum absolute atomic E-state index is 11.3. The summed E-state index contributed by atoms with van der Waals surface area (Å²) < 4.78 is 0. The van der Waals surface area contributed by atoms with Crippen molar-refractivity contribution < 1.29 is 4.79 Å². The fourth-order valence-corrected chi connectivity index (χ4v) is 4.48. The first kappa shape index (κ1) is 14.8. The number of amides is 2. The highest BCUT2D eigenvalue weighted by atomic mass is 32.2. The smallest absolute Gasteiger partial charge is 0.315 e. The topological polar surface area (TPSA) is 92.7 Å². The van der Waals surface area contributed by atoms with Crippen LogP contribution in [0.1, 0.15) is 25.1 Å². The molecule has 1 aromatic rings. The maximum atomic E-state index is 11.3. The number of hydrogen-bond donors (Lipinski definition) is 2. The minimum Gasteiger partial charge on any atom is -0.332 e. The molecule has 0 unspecified atom stereocenters. The maximum Gasteiger partial charge on any atom is 0.315 e. The number of fused-ring (bicyclic) bond motifs is 1. The molecule has 0 saturated carbocycles. The lowest BCUT2D eigenvalue weighted by Crippen LogP contribution is -2.36. The van der Waals surface area contributed by atoms with Crippen LogP contribution in [-0.4, -0.2) is 55.8 Å². The van der Waals surface area contributed by atoms with Crippen LogP contribution < -0.4 is 10.6 Å². The number of unbranched alkanes of at least 4 members (excludes halogenated alkanes) is 1. The van der Waals surface area contributed by atoms with Crippen LogP contribution in [0, 0.1) is 0 Å². The van der Waals surface area contributed by atoms with Crippen LogP contribution in [-0.2, 0) is 6.42 Å². The molecular formula is C12H18N6OS2. The van der Waals surface area contributed by atoms with E-state index in [-0.39, 0.29) is 6.03 Å². The summed E-state index contributed by atoms with van der Waals surface area (Å²) in [5, 5.41) is 23.2. The summed E-state index contributed by atoms with van der Waals surface area (Å²) in [5.74, 6) is 1.72. The Hall–Kier alpha value is -1.09. The van der Waals surface area contributed by atoms with Crippen LogP contribution in [0.2, 0.25) is 0 Å². The van der Waals surface area contributed by atoms with E-state index in [0.29, 0.717) is 28.3 Å². The Balaban J connectivity index is 1.39. The summed E-state index contributed by atoms with van der Waals surface area (Å²) in [7, 11) is 0. The molecule has 3 rings (SSSR count). The number of aryl methyl sites for hydroxylation is 1. The summed E-state index contributed by atoms with van der Waals surface area (Å²) in [5.41, 5.74) is 0. The molecule has 0 bridgehead atoms. The second kappa shape index (κ2) is 6.78. The van der Waals surface area contributed by atoms with Gasteiger partial charge in [0.05, 0.1) is 12.1 Å². The monoisotopic (exact) mass is 326 g/mol. The highest BCUT2D eigenvalue weighted by Gasteiger charge is 2.42. The van der Waals surface area contributed by atoms with Crippen LogP contribution in [0.3, 0.4) is 0 Å². The zero-order valence-corrected chi connectivity index (χ0v) is 13.4. The van der Waals surface area contributed by atoms with Gasteiger partial charge in [0.15, 0.2) is 5.82 Å². The van der Waals surface area contributed by atoms with Gasteiger partial charge in [0.2, 0.25) is 5.16 Å². The van der Waals surface area contributed by atoms with Gasteiger partial charge in [-0.1, -0.05) is 18.2 Å². The summed E-state index contributed by atoms with van der Waals surface area (Å²) in [6, 6.07) is 0.584. The average molecular weight is 326 g/mol. The quantitative estimate of drug-likeness (QED) is 0.455. The van der Waals surface area contributed by atoms with E-state index in [1.54, 1.807) is 0 Å². The highest BCUT2D eigenvalue weighted by Crippen LogP contribution is 2.33. The van der Waals surface area contributed by atoms with Gasteiger partial charge in [-0.2, -0.15) is 11.8 Å². The van der Waals surface area contributed by atoms with Crippen LogP contribution in [0.5, 0.6) is 0 Å². The van der Waals surface area contributed by atoms with Crippen molar-refractivity contribution in [2.24, 2.45) is 0 Å². The van der Waals surface area contributed by atoms with E-state index in [4.69, 9.17) is 0 Å². The number of nitrogens with zero attached hydrogens (tertiary/aromatic N) is 4. The molecule has 2 aliphatic heterocycles. The SMILES string of the molecule is CSc1nnc(CCCC[C@@H]2SC[C@@H]3NC(=O)N[C@@H]32)nn1. The van der Waals surface area contributed by atoms with Crippen LogP contribution in [0.25, 0.3) is 0 Å². The fraction of sp³-hybridized carbons (Fsp3) is 0.750. The predicted octanol–water partition coefficient (Wildman–Crippen LogP) is 0.867. The van der Waals surface area contributed by atoms with Gasteiger partial charge >= 0.3 is 6.03 Å². The van der Waals surface area contributed by atoms with E-state index in [2.05, 4.69) is 31.0 Å². The van der Waals surface area contributed by atoms with Gasteiger partial charge in [0, 0.05) is 17.4 Å². The third kappa shape index (κ3) is 3.57. The fourth-order valence-electron chi connectivity index (χ4n) is 2.69. The van der Waals surface area contributed by atoms with Gasteiger partial charge in [0.1, 0.15) is 0 Å². The van der Waals surface area contributed by atoms with E-state index >= 15 is 0 Å². The molecule has 0 radical (unpaired) electrons. The third-order valence-corrected chi connectivity index (χ3v) is 5.80. The molecule has 0 aliphatic carbocycles. The van der Waals surface area contributed by atoms with E-state index in [1.807, 2.05) is 18.0 Å². The molecule has 2 amide bonds. The molecule has 0 spiro atoms. The minimum atomic E-state index is -0.0188. The average Bonchev–Trinajstić information content (AvgIpc) is 3.04. The second-order valence-electron chi connectivity index (χ2n) is 5.17. The third-order valence-electron chi connectivity index (χ3n) is 3.76. The van der Waals surface area contributed by atoms with Crippen molar-refractivity contribution in [2.45, 2.75) is 48.2 Å². The lowest BCUT2D eigenvalue weighted by Gasteiger charge is -2.16. The lowest BCUT2D eigenvalue weighted by atomic mass is 10.0. The standard InChI is InChI=1S/C12H18N6OS2/c1-20-12-17-15-9(16-18-12)5-3-2-4-8-10-7(6-21-8)13-11(19)14-10/h7-8,10H,2-6H2,1H3,(H2,13,14,19)/t7-,8-,10-/m0/s1. The van der Waals surface area contributed by atoms with Gasteiger partial charge in [-0.25, -0.2) is 4.79 Å². The van der Waals surface area contributed by atoms with Crippen molar-refractivity contribution in [3.63, 3.8) is 0 Å². The molecule has 0 aromatic carbocycles. The number of carbonyl (C=O) groups excluding carboxylic acids is 1. The van der Waals surface area contributed by atoms with Crippen molar-refractivity contribution >= 4 is 29.6 Å². The van der Waals surface area contributed by atoms with Crippen molar-refractivity contribution in [1.82, 2.24) is 31.0 Å². The number of rotatable bonds is 6. The van der Waals surface area contributed by atoms with E-state index in [9.17, 15) is 4.79 Å². The van der Waals surface area contributed by atoms with E-state index in [1.165, 1.54) is 11.8 Å². The van der Waals surface area contributed by atoms with Crippen LogP contribution >= 0.6 is 23.5 Å². The first-order valence-electron chi connectivity index (χ1n) is 7.05. The molecular weight excluding hydrogens is 308 g/mol. The van der Waals surface area contributed by atoms with Gasteiger partial charge < -0.3 is 10.6 Å². The Kier molecular flexibility index (Phi) is 4.79. The normalized spacial score (nSPS) is 27.3. The van der Waals surface area contributed by atoms with Crippen molar-refractivity contribution in [3.05, 3.63) is 5.82 Å². The Morgan fingerprint density at radius 1 is 1.24 bits per heavy atom. The van der Waals surface area contributed by atoms with Crippen molar-refractivity contribution in [3.8, 4) is 0 Å². The number of hydrogen-bond acceptors (Lipinski definition) is 7. The Labute approximate surface area is 131 Å². The number of aromatic nitrogens is 4. The van der Waals surface area contributed by atoms with Crippen molar-refractivity contribution in [1.29, 1.82) is 0 Å². The molecule has 2 saturated heterocycles. The van der Waals surface area contributed by atoms with Crippen LogP contribution in [0.15, 0.2) is 5.16 Å². The van der Waals surface area contributed by atoms with Gasteiger partial charge in [-0.3, -0.25) is 0 Å². The Morgan fingerprint density at radius 3 is 2.81 bits per heavy atom. The zero-order valence-electron chi connectivity index (χ0n) is 11.8. The summed E-state index contributed by atoms with van der Waals surface area (Å²) in [4.78, 5) is 11.3. The first-order valence-corrected chi connectivity index (χ1v) is 9.32. The van der Waals surface area contributed by atoms with Crippen molar-refractivity contribution in [2.75, 3.05) is 12.0 Å². The zero-order chi connectivity index (χ0) is 14.7. The van der Waals surface area contributed by atoms with E-state index in [0.717, 1.165) is 31.4 Å².